The summed E-state index contributed by atoms with van der Waals surface area (Å²) in [7, 11) is 0. The van der Waals surface area contributed by atoms with Gasteiger partial charge in [0.1, 0.15) is 0 Å². The van der Waals surface area contributed by atoms with E-state index in [0.29, 0.717) is 4.99 Å². The van der Waals surface area contributed by atoms with Crippen molar-refractivity contribution in [1.82, 2.24) is 15.1 Å². The first kappa shape index (κ1) is 18.3. The maximum absolute atomic E-state index is 12.1. The van der Waals surface area contributed by atoms with Crippen molar-refractivity contribution in [2.75, 3.05) is 32.7 Å². The zero-order valence-electron chi connectivity index (χ0n) is 13.6. The summed E-state index contributed by atoms with van der Waals surface area (Å²) in [6, 6.07) is 0.129. The maximum atomic E-state index is 12.1. The van der Waals surface area contributed by atoms with Crippen LogP contribution in [0.4, 0.5) is 0 Å². The van der Waals surface area contributed by atoms with Gasteiger partial charge in [-0.2, -0.15) is 0 Å². The van der Waals surface area contributed by atoms with Gasteiger partial charge in [-0.15, -0.1) is 0 Å². The van der Waals surface area contributed by atoms with Gasteiger partial charge in [-0.05, 0) is 19.8 Å². The number of amides is 1. The Morgan fingerprint density at radius 2 is 1.81 bits per heavy atom. The highest BCUT2D eigenvalue weighted by molar-refractivity contribution is 7.80. The van der Waals surface area contributed by atoms with Crippen molar-refractivity contribution in [3.8, 4) is 0 Å². The van der Waals surface area contributed by atoms with Gasteiger partial charge in [-0.1, -0.05) is 32.5 Å². The highest BCUT2D eigenvalue weighted by atomic mass is 32.1. The fraction of sp³-hybridized carbons (Fsp3) is 0.867. The monoisotopic (exact) mass is 314 g/mol. The average Bonchev–Trinajstić information content (AvgIpc) is 2.47. The van der Waals surface area contributed by atoms with Crippen LogP contribution in [0.3, 0.4) is 0 Å². The Morgan fingerprint density at radius 3 is 2.29 bits per heavy atom. The van der Waals surface area contributed by atoms with E-state index in [9.17, 15) is 4.79 Å². The number of carbonyl (C=O) groups is 1. The molecule has 1 aliphatic heterocycles. The second-order valence-electron chi connectivity index (χ2n) is 5.72. The lowest BCUT2D eigenvalue weighted by molar-refractivity contribution is -0.126. The number of carbonyl (C=O) groups excluding carboxylic acids is 1. The van der Waals surface area contributed by atoms with Crippen molar-refractivity contribution in [2.45, 2.75) is 52.1 Å². The number of nitrogens with one attached hydrogen (secondary N) is 1. The van der Waals surface area contributed by atoms with E-state index in [1.807, 2.05) is 6.92 Å². The van der Waals surface area contributed by atoms with Crippen LogP contribution in [0, 0.1) is 0 Å². The van der Waals surface area contributed by atoms with Gasteiger partial charge in [-0.3, -0.25) is 14.6 Å². The summed E-state index contributed by atoms with van der Waals surface area (Å²) < 4.78 is 0. The first-order chi connectivity index (χ1) is 10.0. The van der Waals surface area contributed by atoms with Crippen molar-refractivity contribution >= 4 is 23.1 Å². The first-order valence-electron chi connectivity index (χ1n) is 8.06. The molecule has 122 valence electrons. The predicted molar refractivity (Wildman–Crippen MR) is 91.4 cm³/mol. The van der Waals surface area contributed by atoms with Gasteiger partial charge in [-0.25, -0.2) is 0 Å². The van der Waals surface area contributed by atoms with Crippen LogP contribution in [0.25, 0.3) is 0 Å². The van der Waals surface area contributed by atoms with Crippen LogP contribution in [0.2, 0.25) is 0 Å². The number of nitrogens with zero attached hydrogens (tertiary/aromatic N) is 2. The molecule has 0 bridgehead atoms. The largest absolute Gasteiger partial charge is 0.392 e. The zero-order valence-corrected chi connectivity index (χ0v) is 14.4. The summed E-state index contributed by atoms with van der Waals surface area (Å²) in [6.07, 6.45) is 3.09. The van der Waals surface area contributed by atoms with E-state index in [0.717, 1.165) is 52.0 Å². The Morgan fingerprint density at radius 1 is 1.24 bits per heavy atom. The van der Waals surface area contributed by atoms with Crippen LogP contribution < -0.4 is 11.1 Å². The molecule has 1 rings (SSSR count). The SMILES string of the molecule is CCCCNC(=O)C(C)N1CCN(C(CC)C(N)=S)CC1. The van der Waals surface area contributed by atoms with Crippen LogP contribution in [0.5, 0.6) is 0 Å². The van der Waals surface area contributed by atoms with Crippen LogP contribution >= 0.6 is 12.2 Å². The van der Waals surface area contributed by atoms with Crippen LogP contribution in [-0.2, 0) is 4.79 Å². The smallest absolute Gasteiger partial charge is 0.237 e. The zero-order chi connectivity index (χ0) is 15.8. The Labute approximate surface area is 134 Å². The Hall–Kier alpha value is -0.720. The van der Waals surface area contributed by atoms with Crippen LogP contribution in [0.15, 0.2) is 0 Å². The highest BCUT2D eigenvalue weighted by Gasteiger charge is 2.28. The molecule has 5 nitrogen and oxygen atoms in total. The van der Waals surface area contributed by atoms with E-state index < -0.39 is 0 Å². The number of rotatable bonds is 8. The van der Waals surface area contributed by atoms with Gasteiger partial charge >= 0.3 is 0 Å². The molecule has 1 fully saturated rings. The van der Waals surface area contributed by atoms with Gasteiger partial charge < -0.3 is 11.1 Å². The minimum atomic E-state index is -0.0612. The topological polar surface area (TPSA) is 61.6 Å². The number of piperazine rings is 1. The summed E-state index contributed by atoms with van der Waals surface area (Å²) in [5, 5.41) is 3.01. The van der Waals surface area contributed by atoms with E-state index in [1.165, 1.54) is 0 Å². The quantitative estimate of drug-likeness (QED) is 0.516. The molecule has 0 aromatic rings. The summed E-state index contributed by atoms with van der Waals surface area (Å²) in [5.74, 6) is 0.137. The summed E-state index contributed by atoms with van der Waals surface area (Å²) in [4.78, 5) is 17.2. The molecule has 0 saturated carbocycles. The molecule has 0 aliphatic carbocycles. The molecule has 0 radical (unpaired) electrons. The average molecular weight is 314 g/mol. The van der Waals surface area contributed by atoms with E-state index in [2.05, 4.69) is 29.0 Å². The van der Waals surface area contributed by atoms with E-state index in [1.54, 1.807) is 0 Å². The molecule has 1 heterocycles. The minimum absolute atomic E-state index is 0.0612. The van der Waals surface area contributed by atoms with E-state index in [4.69, 9.17) is 18.0 Å². The Balaban J connectivity index is 2.41. The Bertz CT molecular complexity index is 343. The van der Waals surface area contributed by atoms with Crippen molar-refractivity contribution in [1.29, 1.82) is 0 Å². The fourth-order valence-corrected chi connectivity index (χ4v) is 3.09. The van der Waals surface area contributed by atoms with Gasteiger partial charge in [0.2, 0.25) is 5.91 Å². The van der Waals surface area contributed by atoms with Crippen LogP contribution in [0.1, 0.15) is 40.0 Å². The summed E-state index contributed by atoms with van der Waals surface area (Å²) in [5.41, 5.74) is 5.80. The molecular formula is C15H30N4OS. The van der Waals surface area contributed by atoms with Crippen molar-refractivity contribution in [3.05, 3.63) is 0 Å². The molecule has 2 atom stereocenters. The van der Waals surface area contributed by atoms with Crippen molar-refractivity contribution < 1.29 is 4.79 Å². The van der Waals surface area contributed by atoms with E-state index in [-0.39, 0.29) is 18.0 Å². The number of hydrogen-bond donors (Lipinski definition) is 2. The van der Waals surface area contributed by atoms with Crippen molar-refractivity contribution in [3.63, 3.8) is 0 Å². The molecule has 3 N–H and O–H groups in total. The molecule has 21 heavy (non-hydrogen) atoms. The number of hydrogen-bond acceptors (Lipinski definition) is 4. The lowest BCUT2D eigenvalue weighted by Gasteiger charge is -2.40. The third-order valence-electron chi connectivity index (χ3n) is 4.26. The molecule has 1 amide bonds. The molecular weight excluding hydrogens is 284 g/mol. The number of nitrogens with two attached hydrogens (primary N) is 1. The van der Waals surface area contributed by atoms with Gasteiger partial charge in [0, 0.05) is 32.7 Å². The molecule has 0 aromatic carbocycles. The van der Waals surface area contributed by atoms with Gasteiger partial charge in [0.15, 0.2) is 0 Å². The second-order valence-corrected chi connectivity index (χ2v) is 6.19. The molecule has 2 unspecified atom stereocenters. The number of thiocarbonyl (C=S) groups is 1. The molecule has 0 aromatic heterocycles. The third-order valence-corrected chi connectivity index (χ3v) is 4.53. The van der Waals surface area contributed by atoms with Gasteiger partial charge in [0.25, 0.3) is 0 Å². The first-order valence-corrected chi connectivity index (χ1v) is 8.47. The third kappa shape index (κ3) is 5.52. The van der Waals surface area contributed by atoms with Gasteiger partial charge in [0.05, 0.1) is 17.1 Å². The number of unbranched alkanes of at least 4 members (excludes halogenated alkanes) is 1. The highest BCUT2D eigenvalue weighted by Crippen LogP contribution is 2.12. The van der Waals surface area contributed by atoms with Crippen LogP contribution in [-0.4, -0.2) is 65.5 Å². The predicted octanol–water partition coefficient (Wildman–Crippen LogP) is 0.974. The second kappa shape index (κ2) is 9.33. The molecule has 1 saturated heterocycles. The minimum Gasteiger partial charge on any atom is -0.392 e. The fourth-order valence-electron chi connectivity index (χ4n) is 2.78. The van der Waals surface area contributed by atoms with E-state index >= 15 is 0 Å². The van der Waals surface area contributed by atoms with Crippen molar-refractivity contribution in [2.24, 2.45) is 5.73 Å². The molecule has 6 heteroatoms. The standard InChI is InChI=1S/C15H30N4OS/c1-4-6-7-17-15(20)12(3)18-8-10-19(11-9-18)13(5-2)14(16)21/h12-13H,4-11H2,1-3H3,(H2,16,21)(H,17,20). The maximum Gasteiger partial charge on any atom is 0.237 e. The normalized spacial score (nSPS) is 20.0. The molecule has 0 spiro atoms. The lowest BCUT2D eigenvalue weighted by atomic mass is 10.1. The summed E-state index contributed by atoms with van der Waals surface area (Å²) >= 11 is 5.14. The Kier molecular flexibility index (Phi) is 8.14. The lowest BCUT2D eigenvalue weighted by Crippen LogP contribution is -2.57. The summed E-state index contributed by atoms with van der Waals surface area (Å²) in [6.45, 7) is 10.6. The molecule has 1 aliphatic rings.